The zero-order chi connectivity index (χ0) is 11.6. The topological polar surface area (TPSA) is 36.8 Å². The maximum Gasteiger partial charge on any atom is 0.0561 e. The standard InChI is InChI=1S/C13H15N3/c1-3-12(9-10-14-2)11-15-16-13-7-5-4-6-8-13/h3-11,16H,2H2,1H3/b10-9-,12-3+,15-11+. The molecule has 0 bridgehead atoms. The van der Waals surface area contributed by atoms with E-state index in [1.807, 2.05) is 49.4 Å². The van der Waals surface area contributed by atoms with Crippen LogP contribution in [0.25, 0.3) is 0 Å². The Bertz CT molecular complexity index is 402. The van der Waals surface area contributed by atoms with Crippen molar-refractivity contribution in [2.75, 3.05) is 5.43 Å². The number of hydrogen-bond acceptors (Lipinski definition) is 3. The van der Waals surface area contributed by atoms with Gasteiger partial charge in [-0.3, -0.25) is 10.4 Å². The minimum Gasteiger partial charge on any atom is -0.279 e. The molecule has 0 fully saturated rings. The normalized spacial score (nSPS) is 12.2. The van der Waals surface area contributed by atoms with E-state index in [-0.39, 0.29) is 0 Å². The second-order valence-corrected chi connectivity index (χ2v) is 3.02. The van der Waals surface area contributed by atoms with E-state index in [9.17, 15) is 0 Å². The summed E-state index contributed by atoms with van der Waals surface area (Å²) in [5.41, 5.74) is 4.86. The van der Waals surface area contributed by atoms with Gasteiger partial charge < -0.3 is 0 Å². The Morgan fingerprint density at radius 3 is 2.69 bits per heavy atom. The number of rotatable bonds is 5. The average Bonchev–Trinajstić information content (AvgIpc) is 2.35. The summed E-state index contributed by atoms with van der Waals surface area (Å²) >= 11 is 0. The molecule has 0 spiro atoms. The van der Waals surface area contributed by atoms with Crippen LogP contribution in [0.5, 0.6) is 0 Å². The molecule has 1 N–H and O–H groups in total. The molecule has 0 radical (unpaired) electrons. The Labute approximate surface area is 95.9 Å². The highest BCUT2D eigenvalue weighted by molar-refractivity contribution is 5.82. The van der Waals surface area contributed by atoms with Crippen LogP contribution in [-0.2, 0) is 0 Å². The van der Waals surface area contributed by atoms with Gasteiger partial charge in [-0.05, 0) is 37.4 Å². The molecule has 0 aliphatic carbocycles. The van der Waals surface area contributed by atoms with Crippen LogP contribution in [0.4, 0.5) is 5.69 Å². The highest BCUT2D eigenvalue weighted by atomic mass is 15.3. The number of benzene rings is 1. The van der Waals surface area contributed by atoms with Crippen LogP contribution in [0.2, 0.25) is 0 Å². The predicted octanol–water partition coefficient (Wildman–Crippen LogP) is 3.24. The van der Waals surface area contributed by atoms with Gasteiger partial charge in [-0.25, -0.2) is 0 Å². The zero-order valence-electron chi connectivity index (χ0n) is 9.30. The summed E-state index contributed by atoms with van der Waals surface area (Å²) in [5, 5.41) is 4.11. The first-order valence-corrected chi connectivity index (χ1v) is 4.99. The van der Waals surface area contributed by atoms with Gasteiger partial charge in [0.15, 0.2) is 0 Å². The van der Waals surface area contributed by atoms with Crippen LogP contribution in [0, 0.1) is 0 Å². The first-order valence-electron chi connectivity index (χ1n) is 4.99. The van der Waals surface area contributed by atoms with E-state index in [1.165, 1.54) is 0 Å². The highest BCUT2D eigenvalue weighted by Crippen LogP contribution is 2.04. The summed E-state index contributed by atoms with van der Waals surface area (Å²) in [6.45, 7) is 5.31. The van der Waals surface area contributed by atoms with Crippen molar-refractivity contribution >= 4 is 18.6 Å². The molecule has 3 nitrogen and oxygen atoms in total. The number of nitrogens with one attached hydrogen (secondary N) is 1. The molecule has 0 unspecified atom stereocenters. The van der Waals surface area contributed by atoms with E-state index in [1.54, 1.807) is 12.4 Å². The maximum absolute atomic E-state index is 4.11. The van der Waals surface area contributed by atoms with Crippen molar-refractivity contribution in [3.05, 3.63) is 54.3 Å². The number of anilines is 1. The molecular weight excluding hydrogens is 198 g/mol. The van der Waals surface area contributed by atoms with Crippen molar-refractivity contribution < 1.29 is 0 Å². The molecule has 82 valence electrons. The molecule has 0 aromatic heterocycles. The summed E-state index contributed by atoms with van der Waals surface area (Å²) in [4.78, 5) is 3.64. The SMILES string of the molecule is C=N\C=C/C(/C=N/Nc1ccccc1)=C\C. The fraction of sp³-hybridized carbons (Fsp3) is 0.0769. The van der Waals surface area contributed by atoms with Crippen LogP contribution in [0.3, 0.4) is 0 Å². The van der Waals surface area contributed by atoms with Crippen LogP contribution in [0.15, 0.2) is 64.4 Å². The molecule has 1 aromatic rings. The smallest absolute Gasteiger partial charge is 0.0561 e. The lowest BCUT2D eigenvalue weighted by molar-refractivity contribution is 1.35. The molecule has 1 aromatic carbocycles. The summed E-state index contributed by atoms with van der Waals surface area (Å²) in [7, 11) is 0. The Hall–Kier alpha value is -2.16. The second-order valence-electron chi connectivity index (χ2n) is 3.02. The van der Waals surface area contributed by atoms with Gasteiger partial charge >= 0.3 is 0 Å². The van der Waals surface area contributed by atoms with Crippen LogP contribution >= 0.6 is 0 Å². The average molecular weight is 213 g/mol. The lowest BCUT2D eigenvalue weighted by Crippen LogP contribution is -1.89. The van der Waals surface area contributed by atoms with E-state index >= 15 is 0 Å². The van der Waals surface area contributed by atoms with Crippen molar-refractivity contribution in [2.45, 2.75) is 6.92 Å². The minimum absolute atomic E-state index is 0.958. The van der Waals surface area contributed by atoms with E-state index in [2.05, 4.69) is 22.2 Å². The molecule has 0 heterocycles. The fourth-order valence-electron chi connectivity index (χ4n) is 1.05. The number of hydrogen-bond donors (Lipinski definition) is 1. The van der Waals surface area contributed by atoms with Gasteiger partial charge in [0.1, 0.15) is 0 Å². The van der Waals surface area contributed by atoms with E-state index < -0.39 is 0 Å². The fourth-order valence-corrected chi connectivity index (χ4v) is 1.05. The van der Waals surface area contributed by atoms with E-state index in [0.717, 1.165) is 11.3 Å². The van der Waals surface area contributed by atoms with Gasteiger partial charge in [0.25, 0.3) is 0 Å². The Morgan fingerprint density at radius 1 is 1.31 bits per heavy atom. The zero-order valence-corrected chi connectivity index (χ0v) is 9.30. The van der Waals surface area contributed by atoms with Crippen LogP contribution in [0.1, 0.15) is 6.92 Å². The van der Waals surface area contributed by atoms with Gasteiger partial charge in [0.2, 0.25) is 0 Å². The number of para-hydroxylation sites is 1. The third-order valence-corrected chi connectivity index (χ3v) is 1.89. The number of aliphatic imine (C=N–C) groups is 1. The van der Waals surface area contributed by atoms with Gasteiger partial charge in [0.05, 0.1) is 11.9 Å². The number of hydrazone groups is 1. The van der Waals surface area contributed by atoms with E-state index in [4.69, 9.17) is 0 Å². The first kappa shape index (κ1) is 11.9. The molecule has 0 saturated carbocycles. The summed E-state index contributed by atoms with van der Waals surface area (Å²) < 4.78 is 0. The van der Waals surface area contributed by atoms with Crippen molar-refractivity contribution in [2.24, 2.45) is 10.1 Å². The highest BCUT2D eigenvalue weighted by Gasteiger charge is 1.86. The van der Waals surface area contributed by atoms with E-state index in [0.29, 0.717) is 0 Å². The Morgan fingerprint density at radius 2 is 2.06 bits per heavy atom. The first-order chi connectivity index (χ1) is 7.86. The lowest BCUT2D eigenvalue weighted by Gasteiger charge is -1.98. The molecule has 0 amide bonds. The molecule has 0 saturated heterocycles. The molecule has 1 rings (SSSR count). The van der Waals surface area contributed by atoms with Crippen molar-refractivity contribution in [1.82, 2.24) is 0 Å². The van der Waals surface area contributed by atoms with Gasteiger partial charge in [0, 0.05) is 6.20 Å². The lowest BCUT2D eigenvalue weighted by atomic mass is 10.3. The third kappa shape index (κ3) is 4.37. The van der Waals surface area contributed by atoms with Gasteiger partial charge in [-0.15, -0.1) is 0 Å². The molecule has 0 atom stereocenters. The quantitative estimate of drug-likeness (QED) is 0.455. The largest absolute Gasteiger partial charge is 0.279 e. The Balaban J connectivity index is 2.54. The van der Waals surface area contributed by atoms with Crippen LogP contribution in [-0.4, -0.2) is 12.9 Å². The third-order valence-electron chi connectivity index (χ3n) is 1.89. The van der Waals surface area contributed by atoms with Gasteiger partial charge in [-0.1, -0.05) is 24.3 Å². The molecule has 0 aliphatic rings. The van der Waals surface area contributed by atoms with Crippen molar-refractivity contribution in [3.63, 3.8) is 0 Å². The minimum atomic E-state index is 0.958. The van der Waals surface area contributed by atoms with Crippen molar-refractivity contribution in [3.8, 4) is 0 Å². The number of allylic oxidation sites excluding steroid dienone is 3. The number of nitrogens with zero attached hydrogens (tertiary/aromatic N) is 2. The maximum atomic E-state index is 4.11. The second kappa shape index (κ2) is 7.17. The summed E-state index contributed by atoms with van der Waals surface area (Å²) in [5.74, 6) is 0. The summed E-state index contributed by atoms with van der Waals surface area (Å²) in [6, 6.07) is 9.78. The predicted molar refractivity (Wildman–Crippen MR) is 71.0 cm³/mol. The summed E-state index contributed by atoms with van der Waals surface area (Å²) in [6.07, 6.45) is 7.14. The molecular formula is C13H15N3. The van der Waals surface area contributed by atoms with Gasteiger partial charge in [-0.2, -0.15) is 5.10 Å². The molecule has 0 aliphatic heterocycles. The monoisotopic (exact) mass is 213 g/mol. The van der Waals surface area contributed by atoms with Crippen molar-refractivity contribution in [1.29, 1.82) is 0 Å². The van der Waals surface area contributed by atoms with Crippen LogP contribution < -0.4 is 5.43 Å². The molecule has 3 heteroatoms. The Kier molecular flexibility index (Phi) is 5.34. The molecule has 16 heavy (non-hydrogen) atoms.